The van der Waals surface area contributed by atoms with Crippen molar-refractivity contribution in [1.29, 1.82) is 0 Å². The molecule has 0 spiro atoms. The Kier molecular flexibility index (Phi) is 7.53. The number of hydrogen-bond donors (Lipinski definition) is 2. The molecule has 0 saturated carbocycles. The van der Waals surface area contributed by atoms with Crippen LogP contribution in [-0.4, -0.2) is 35.5 Å². The van der Waals surface area contributed by atoms with Crippen molar-refractivity contribution in [2.24, 2.45) is 10.9 Å². The topological polar surface area (TPSA) is 94.1 Å². The van der Waals surface area contributed by atoms with Crippen LogP contribution in [0.15, 0.2) is 17.3 Å². The maximum Gasteiger partial charge on any atom is 0.320 e. The molecule has 1 aromatic carbocycles. The predicted molar refractivity (Wildman–Crippen MR) is 113 cm³/mol. The van der Waals surface area contributed by atoms with E-state index in [1.165, 1.54) is 0 Å². The van der Waals surface area contributed by atoms with E-state index in [-0.39, 0.29) is 35.9 Å². The quantitative estimate of drug-likeness (QED) is 0.733. The van der Waals surface area contributed by atoms with Crippen LogP contribution in [0.2, 0.25) is 0 Å². The summed E-state index contributed by atoms with van der Waals surface area (Å²) in [5, 5.41) is 15.1. The van der Waals surface area contributed by atoms with E-state index in [9.17, 15) is 9.90 Å². The van der Waals surface area contributed by atoms with Gasteiger partial charge in [0, 0.05) is 23.1 Å². The molecule has 1 aromatic rings. The molecule has 1 aliphatic heterocycles. The first-order valence-electron chi connectivity index (χ1n) is 9.35. The summed E-state index contributed by atoms with van der Waals surface area (Å²) in [6.07, 6.45) is -0.263. The van der Waals surface area contributed by atoms with E-state index >= 15 is 0 Å². The summed E-state index contributed by atoms with van der Waals surface area (Å²) >= 11 is 0. The average Bonchev–Trinajstić information content (AvgIpc) is 3.02. The fraction of sp³-hybridized carbons (Fsp3) is 0.619. The first-order chi connectivity index (χ1) is 12.3. The van der Waals surface area contributed by atoms with Crippen molar-refractivity contribution < 1.29 is 19.5 Å². The molecule has 0 saturated heterocycles. The number of aromatic hydroxyl groups is 1. The number of carbonyl (C=O) groups excluding carboxylic acids is 1. The number of rotatable bonds is 4. The maximum absolute atomic E-state index is 11.4. The molecule has 1 aliphatic rings. The fourth-order valence-corrected chi connectivity index (χ4v) is 3.09. The van der Waals surface area contributed by atoms with Crippen LogP contribution in [0, 0.1) is 0 Å². The molecule has 7 heteroatoms. The van der Waals surface area contributed by atoms with E-state index in [2.05, 4.69) is 46.7 Å². The van der Waals surface area contributed by atoms with Gasteiger partial charge in [-0.05, 0) is 29.9 Å². The number of benzene rings is 1. The second kappa shape index (κ2) is 8.70. The minimum absolute atomic E-state index is 0. The molecular formula is C21H33ClN2O4. The Morgan fingerprint density at radius 1 is 1.25 bits per heavy atom. The van der Waals surface area contributed by atoms with Crippen molar-refractivity contribution in [2.45, 2.75) is 77.9 Å². The zero-order chi connectivity index (χ0) is 20.6. The largest absolute Gasteiger partial charge is 0.507 e. The van der Waals surface area contributed by atoms with Gasteiger partial charge in [-0.3, -0.25) is 4.79 Å². The molecule has 0 aromatic heterocycles. The van der Waals surface area contributed by atoms with E-state index in [0.29, 0.717) is 12.2 Å². The smallest absolute Gasteiger partial charge is 0.320 e. The van der Waals surface area contributed by atoms with Gasteiger partial charge in [0.1, 0.15) is 11.9 Å². The van der Waals surface area contributed by atoms with Crippen molar-refractivity contribution >= 4 is 24.1 Å². The van der Waals surface area contributed by atoms with E-state index in [1.54, 1.807) is 6.92 Å². The molecule has 0 radical (unpaired) electrons. The molecule has 0 aliphatic carbocycles. The average molecular weight is 413 g/mol. The number of nitrogens with two attached hydrogens (primary N) is 1. The van der Waals surface area contributed by atoms with Gasteiger partial charge in [-0.2, -0.15) is 0 Å². The lowest BCUT2D eigenvalue weighted by Gasteiger charge is -2.28. The lowest BCUT2D eigenvalue weighted by molar-refractivity contribution is -0.153. The summed E-state index contributed by atoms with van der Waals surface area (Å²) in [5.74, 6) is -0.130. The lowest BCUT2D eigenvalue weighted by atomic mass is 9.78. The minimum atomic E-state index is -0.464. The molecule has 28 heavy (non-hydrogen) atoms. The molecule has 0 amide bonds. The van der Waals surface area contributed by atoms with Gasteiger partial charge in [-0.1, -0.05) is 46.7 Å². The number of oxime groups is 1. The van der Waals surface area contributed by atoms with Crippen LogP contribution >= 0.6 is 12.4 Å². The standard InChI is InChI=1S/C21H32N2O4.ClH/c1-12(26-18(24)11-22)17-10-16(23-27-17)13-8-14(20(2,3)4)19(25)15(9-13)21(5,6)7;/h8-9,12,17,25H,10-11,22H2,1-7H3;1H. The third-order valence-electron chi connectivity index (χ3n) is 4.76. The van der Waals surface area contributed by atoms with E-state index in [4.69, 9.17) is 15.3 Å². The summed E-state index contributed by atoms with van der Waals surface area (Å²) in [5.41, 5.74) is 8.31. The highest BCUT2D eigenvalue weighted by Gasteiger charge is 2.32. The number of nitrogens with zero attached hydrogens (tertiary/aromatic N) is 1. The summed E-state index contributed by atoms with van der Waals surface area (Å²) < 4.78 is 5.24. The zero-order valence-corrected chi connectivity index (χ0v) is 18.6. The molecule has 2 unspecified atom stereocenters. The Morgan fingerprint density at radius 2 is 1.75 bits per heavy atom. The molecule has 0 fully saturated rings. The number of ether oxygens (including phenoxy) is 1. The van der Waals surface area contributed by atoms with Crippen molar-refractivity contribution in [3.05, 3.63) is 28.8 Å². The molecule has 2 rings (SSSR count). The third-order valence-corrected chi connectivity index (χ3v) is 4.76. The van der Waals surface area contributed by atoms with Crippen molar-refractivity contribution in [2.75, 3.05) is 6.54 Å². The lowest BCUT2D eigenvalue weighted by Crippen LogP contribution is -2.31. The Hall–Kier alpha value is -1.79. The molecule has 158 valence electrons. The Morgan fingerprint density at radius 3 is 2.18 bits per heavy atom. The maximum atomic E-state index is 11.4. The Balaban J connectivity index is 0.00000392. The Bertz CT molecular complexity index is 713. The second-order valence-corrected chi connectivity index (χ2v) is 9.21. The van der Waals surface area contributed by atoms with Gasteiger partial charge in [0.2, 0.25) is 0 Å². The molecule has 2 atom stereocenters. The number of phenolic OH excluding ortho intramolecular Hbond substituents is 1. The van der Waals surface area contributed by atoms with Crippen LogP contribution in [0.4, 0.5) is 0 Å². The molecule has 6 nitrogen and oxygen atoms in total. The molecule has 1 heterocycles. The van der Waals surface area contributed by atoms with Crippen molar-refractivity contribution in [3.63, 3.8) is 0 Å². The number of halogens is 1. The van der Waals surface area contributed by atoms with E-state index in [1.807, 2.05) is 12.1 Å². The van der Waals surface area contributed by atoms with Gasteiger partial charge in [-0.15, -0.1) is 12.4 Å². The number of phenols is 1. The van der Waals surface area contributed by atoms with Crippen LogP contribution in [0.5, 0.6) is 5.75 Å². The highest BCUT2D eigenvalue weighted by Crippen LogP contribution is 2.40. The van der Waals surface area contributed by atoms with Gasteiger partial charge in [0.25, 0.3) is 0 Å². The van der Waals surface area contributed by atoms with Crippen LogP contribution in [0.25, 0.3) is 0 Å². The highest BCUT2D eigenvalue weighted by atomic mass is 35.5. The van der Waals surface area contributed by atoms with Crippen molar-refractivity contribution in [1.82, 2.24) is 0 Å². The van der Waals surface area contributed by atoms with Crippen LogP contribution in [0.3, 0.4) is 0 Å². The first-order valence-corrected chi connectivity index (χ1v) is 9.35. The summed E-state index contributed by atoms with van der Waals surface area (Å²) in [6, 6.07) is 3.96. The van der Waals surface area contributed by atoms with E-state index < -0.39 is 12.1 Å². The number of hydrogen-bond acceptors (Lipinski definition) is 6. The SMILES string of the molecule is CC(OC(=O)CN)C1CC(c2cc(C(C)(C)C)c(O)c(C(C)(C)C)c2)=NO1.Cl. The van der Waals surface area contributed by atoms with Gasteiger partial charge < -0.3 is 20.4 Å². The van der Waals surface area contributed by atoms with Gasteiger partial charge in [0.15, 0.2) is 6.10 Å². The first kappa shape index (κ1) is 24.2. The molecule has 0 bridgehead atoms. The van der Waals surface area contributed by atoms with E-state index in [0.717, 1.165) is 22.4 Å². The third kappa shape index (κ3) is 5.39. The fourth-order valence-electron chi connectivity index (χ4n) is 3.09. The molecule has 3 N–H and O–H groups in total. The van der Waals surface area contributed by atoms with Crippen LogP contribution in [0.1, 0.15) is 71.6 Å². The monoisotopic (exact) mass is 412 g/mol. The highest BCUT2D eigenvalue weighted by molar-refractivity contribution is 6.02. The Labute approximate surface area is 173 Å². The summed E-state index contributed by atoms with van der Waals surface area (Å²) in [4.78, 5) is 16.9. The summed E-state index contributed by atoms with van der Waals surface area (Å²) in [7, 11) is 0. The van der Waals surface area contributed by atoms with Crippen molar-refractivity contribution in [3.8, 4) is 5.75 Å². The zero-order valence-electron chi connectivity index (χ0n) is 17.8. The molecular weight excluding hydrogens is 380 g/mol. The normalized spacial score (nSPS) is 18.0. The van der Waals surface area contributed by atoms with Gasteiger partial charge >= 0.3 is 5.97 Å². The summed E-state index contributed by atoms with van der Waals surface area (Å²) in [6.45, 7) is 14.0. The number of carbonyl (C=O) groups is 1. The second-order valence-electron chi connectivity index (χ2n) is 9.21. The van der Waals surface area contributed by atoms with Gasteiger partial charge in [-0.25, -0.2) is 0 Å². The predicted octanol–water partition coefficient (Wildman–Crippen LogP) is 3.79. The minimum Gasteiger partial charge on any atom is -0.507 e. The number of esters is 1. The van der Waals surface area contributed by atoms with Gasteiger partial charge in [0.05, 0.1) is 12.3 Å². The van der Waals surface area contributed by atoms with Crippen LogP contribution in [-0.2, 0) is 25.2 Å². The van der Waals surface area contributed by atoms with Crippen LogP contribution < -0.4 is 5.73 Å².